The molecule has 0 fully saturated rings. The monoisotopic (exact) mass is 396 g/mol. The van der Waals surface area contributed by atoms with Gasteiger partial charge < -0.3 is 9.80 Å². The molecular weight excluding hydrogens is 376 g/mol. The number of hydrogen-bond donors (Lipinski definition) is 0. The van der Waals surface area contributed by atoms with Gasteiger partial charge in [0.25, 0.3) is 5.91 Å². The zero-order valence-electron chi connectivity index (χ0n) is 15.6. The second kappa shape index (κ2) is 6.79. The van der Waals surface area contributed by atoms with Crippen molar-refractivity contribution in [2.24, 2.45) is 0 Å². The smallest absolute Gasteiger partial charge is 0.261 e. The number of aromatic nitrogens is 2. The number of nitrogens with zero attached hydrogens (tertiary/aromatic N) is 4. The maximum atomic E-state index is 13.1. The third kappa shape index (κ3) is 3.16. The summed E-state index contributed by atoms with van der Waals surface area (Å²) in [5.41, 5.74) is 2.67. The Labute approximate surface area is 163 Å². The highest BCUT2D eigenvalue weighted by atomic mass is 32.2. The molecule has 0 saturated carbocycles. The predicted octanol–water partition coefficient (Wildman–Crippen LogP) is 2.37. The van der Waals surface area contributed by atoms with Gasteiger partial charge in [0.2, 0.25) is 0 Å². The number of fused-ring (bicyclic) bond motifs is 1. The van der Waals surface area contributed by atoms with Gasteiger partial charge in [-0.1, -0.05) is 24.3 Å². The number of rotatable bonds is 3. The van der Waals surface area contributed by atoms with E-state index in [0.717, 1.165) is 24.2 Å². The van der Waals surface area contributed by atoms with Crippen molar-refractivity contribution in [2.75, 3.05) is 36.2 Å². The molecule has 0 unspecified atom stereocenters. The molecule has 1 amide bonds. The van der Waals surface area contributed by atoms with Gasteiger partial charge in [0, 0.05) is 32.6 Å². The normalized spacial score (nSPS) is 14.1. The van der Waals surface area contributed by atoms with Crippen molar-refractivity contribution in [2.45, 2.75) is 4.90 Å². The van der Waals surface area contributed by atoms with E-state index >= 15 is 0 Å². The van der Waals surface area contributed by atoms with E-state index in [1.165, 1.54) is 16.9 Å². The SMILES string of the molecule is CN1CCN(C(=O)c2cnn(-c3ccccc3S(C)(=O)=O)c2)c2ccccc21. The number of likely N-dealkylation sites (N-methyl/N-ethyl adjacent to an activating group) is 1. The van der Waals surface area contributed by atoms with E-state index in [0.29, 0.717) is 17.8 Å². The number of hydrogen-bond acceptors (Lipinski definition) is 5. The zero-order valence-corrected chi connectivity index (χ0v) is 16.4. The first-order valence-electron chi connectivity index (χ1n) is 8.82. The standard InChI is InChI=1S/C20H20N4O3S/c1-22-11-12-23(17-8-4-3-7-16(17)22)20(25)15-13-21-24(14-15)18-9-5-6-10-19(18)28(2,26)27/h3-10,13-14H,11-12H2,1-2H3. The van der Waals surface area contributed by atoms with E-state index in [1.54, 1.807) is 29.3 Å². The zero-order chi connectivity index (χ0) is 19.9. The number of carbonyl (C=O) groups excluding carboxylic acids is 1. The Morgan fingerprint density at radius 3 is 2.32 bits per heavy atom. The number of para-hydroxylation sites is 3. The molecule has 0 radical (unpaired) electrons. The summed E-state index contributed by atoms with van der Waals surface area (Å²) in [4.78, 5) is 17.2. The molecule has 1 aliphatic heterocycles. The number of sulfone groups is 1. The molecule has 4 rings (SSSR count). The minimum atomic E-state index is -3.42. The first-order chi connectivity index (χ1) is 13.4. The molecule has 0 saturated heterocycles. The minimum Gasteiger partial charge on any atom is -0.371 e. The van der Waals surface area contributed by atoms with Crippen LogP contribution in [-0.4, -0.2) is 50.5 Å². The molecule has 1 aliphatic rings. The number of carbonyl (C=O) groups is 1. The van der Waals surface area contributed by atoms with Crippen molar-refractivity contribution in [3.8, 4) is 5.69 Å². The molecule has 144 valence electrons. The first-order valence-corrected chi connectivity index (χ1v) is 10.7. The molecular formula is C20H20N4O3S. The van der Waals surface area contributed by atoms with Crippen molar-refractivity contribution in [1.82, 2.24) is 9.78 Å². The third-order valence-electron chi connectivity index (χ3n) is 4.83. The summed E-state index contributed by atoms with van der Waals surface area (Å²) in [5, 5.41) is 4.24. The van der Waals surface area contributed by atoms with E-state index in [4.69, 9.17) is 0 Å². The van der Waals surface area contributed by atoms with Gasteiger partial charge in [-0.15, -0.1) is 0 Å². The molecule has 3 aromatic rings. The quantitative estimate of drug-likeness (QED) is 0.679. The van der Waals surface area contributed by atoms with E-state index in [1.807, 2.05) is 31.3 Å². The highest BCUT2D eigenvalue weighted by Crippen LogP contribution is 2.32. The fourth-order valence-electron chi connectivity index (χ4n) is 3.40. The summed E-state index contributed by atoms with van der Waals surface area (Å²) >= 11 is 0. The third-order valence-corrected chi connectivity index (χ3v) is 5.97. The van der Waals surface area contributed by atoms with Crippen LogP contribution >= 0.6 is 0 Å². The van der Waals surface area contributed by atoms with Gasteiger partial charge in [0.15, 0.2) is 9.84 Å². The number of benzene rings is 2. The van der Waals surface area contributed by atoms with E-state index < -0.39 is 9.84 Å². The summed E-state index contributed by atoms with van der Waals surface area (Å²) in [6.45, 7) is 1.30. The van der Waals surface area contributed by atoms with Crippen LogP contribution in [0, 0.1) is 0 Å². The van der Waals surface area contributed by atoms with Crippen LogP contribution in [0.25, 0.3) is 5.69 Å². The lowest BCUT2D eigenvalue weighted by molar-refractivity contribution is 0.0986. The Hall–Kier alpha value is -3.13. The maximum Gasteiger partial charge on any atom is 0.261 e. The molecule has 2 aromatic carbocycles. The highest BCUT2D eigenvalue weighted by Gasteiger charge is 2.27. The van der Waals surface area contributed by atoms with Gasteiger partial charge in [-0.2, -0.15) is 5.10 Å². The summed E-state index contributed by atoms with van der Waals surface area (Å²) in [5.74, 6) is -0.163. The largest absolute Gasteiger partial charge is 0.371 e. The van der Waals surface area contributed by atoms with Crippen molar-refractivity contribution in [1.29, 1.82) is 0 Å². The average Bonchev–Trinajstić information content (AvgIpc) is 3.17. The molecule has 0 spiro atoms. The van der Waals surface area contributed by atoms with Crippen LogP contribution in [0.2, 0.25) is 0 Å². The van der Waals surface area contributed by atoms with Crippen LogP contribution in [0.4, 0.5) is 11.4 Å². The Kier molecular flexibility index (Phi) is 4.43. The molecule has 7 nitrogen and oxygen atoms in total. The van der Waals surface area contributed by atoms with Crippen LogP contribution < -0.4 is 9.80 Å². The molecule has 2 heterocycles. The fourth-order valence-corrected chi connectivity index (χ4v) is 4.27. The van der Waals surface area contributed by atoms with Gasteiger partial charge in [-0.3, -0.25) is 4.79 Å². The van der Waals surface area contributed by atoms with Gasteiger partial charge in [0.1, 0.15) is 0 Å². The van der Waals surface area contributed by atoms with Gasteiger partial charge in [0.05, 0.1) is 33.7 Å². The van der Waals surface area contributed by atoms with Crippen LogP contribution in [0.3, 0.4) is 0 Å². The van der Waals surface area contributed by atoms with Crippen LogP contribution in [0.15, 0.2) is 65.8 Å². The van der Waals surface area contributed by atoms with E-state index in [2.05, 4.69) is 10.00 Å². The average molecular weight is 396 g/mol. The lowest BCUT2D eigenvalue weighted by Gasteiger charge is -2.35. The Morgan fingerprint density at radius 2 is 1.61 bits per heavy atom. The lowest BCUT2D eigenvalue weighted by Crippen LogP contribution is -2.42. The minimum absolute atomic E-state index is 0.163. The maximum absolute atomic E-state index is 13.1. The van der Waals surface area contributed by atoms with Crippen molar-refractivity contribution >= 4 is 27.1 Å². The van der Waals surface area contributed by atoms with E-state index in [9.17, 15) is 13.2 Å². The van der Waals surface area contributed by atoms with Crippen LogP contribution in [0.1, 0.15) is 10.4 Å². The second-order valence-corrected chi connectivity index (χ2v) is 8.76. The Balaban J connectivity index is 1.70. The van der Waals surface area contributed by atoms with Crippen LogP contribution in [-0.2, 0) is 9.84 Å². The second-order valence-electron chi connectivity index (χ2n) is 6.78. The van der Waals surface area contributed by atoms with Gasteiger partial charge in [-0.25, -0.2) is 13.1 Å². The highest BCUT2D eigenvalue weighted by molar-refractivity contribution is 7.90. The lowest BCUT2D eigenvalue weighted by atomic mass is 10.1. The number of amides is 1. The summed E-state index contributed by atoms with van der Waals surface area (Å²) in [6.07, 6.45) is 4.21. The summed E-state index contributed by atoms with van der Waals surface area (Å²) in [7, 11) is -1.42. The first kappa shape index (κ1) is 18.2. The fraction of sp³-hybridized carbons (Fsp3) is 0.200. The predicted molar refractivity (Wildman–Crippen MR) is 108 cm³/mol. The van der Waals surface area contributed by atoms with Crippen molar-refractivity contribution < 1.29 is 13.2 Å². The molecule has 28 heavy (non-hydrogen) atoms. The Bertz CT molecular complexity index is 1150. The number of anilines is 2. The molecule has 8 heteroatoms. The Morgan fingerprint density at radius 1 is 0.964 bits per heavy atom. The molecule has 1 aromatic heterocycles. The molecule has 0 aliphatic carbocycles. The molecule has 0 atom stereocenters. The summed E-state index contributed by atoms with van der Waals surface area (Å²) < 4.78 is 25.6. The van der Waals surface area contributed by atoms with Crippen LogP contribution in [0.5, 0.6) is 0 Å². The molecule has 0 bridgehead atoms. The van der Waals surface area contributed by atoms with Gasteiger partial charge in [-0.05, 0) is 24.3 Å². The summed E-state index contributed by atoms with van der Waals surface area (Å²) in [6, 6.07) is 14.4. The van der Waals surface area contributed by atoms with Crippen molar-refractivity contribution in [3.05, 3.63) is 66.5 Å². The topological polar surface area (TPSA) is 75.5 Å². The van der Waals surface area contributed by atoms with Gasteiger partial charge >= 0.3 is 0 Å². The van der Waals surface area contributed by atoms with E-state index in [-0.39, 0.29) is 10.8 Å². The molecule has 0 N–H and O–H groups in total. The van der Waals surface area contributed by atoms with Crippen molar-refractivity contribution in [3.63, 3.8) is 0 Å².